The first-order valence-corrected chi connectivity index (χ1v) is 9.67. The Labute approximate surface area is 168 Å². The van der Waals surface area contributed by atoms with E-state index in [2.05, 4.69) is 10.6 Å². The first-order valence-electron chi connectivity index (χ1n) is 8.79. The van der Waals surface area contributed by atoms with Crippen LogP contribution in [-0.2, 0) is 20.7 Å². The minimum absolute atomic E-state index is 0.222. The van der Waals surface area contributed by atoms with Crippen molar-refractivity contribution in [3.05, 3.63) is 52.2 Å². The molecule has 0 aliphatic rings. The van der Waals surface area contributed by atoms with Crippen LogP contribution in [0.1, 0.15) is 36.0 Å². The maximum absolute atomic E-state index is 12.1. The molecule has 0 saturated heterocycles. The second kappa shape index (κ2) is 9.89. The molecule has 0 radical (unpaired) electrons. The van der Waals surface area contributed by atoms with Crippen LogP contribution in [0, 0.1) is 0 Å². The molecule has 2 rings (SSSR count). The number of carbonyl (C=O) groups is 3. The summed E-state index contributed by atoms with van der Waals surface area (Å²) >= 11 is 1.62. The molecule has 0 aliphatic carbocycles. The standard InChI is InChI=1S/C20H24N2O5S/c1-20(2,3)27-19(25)22-15-7-4-6-14(12-15)18(24)26-13-17(23)21-10-9-16-8-5-11-28-16/h4-8,11-12H,9-10,13H2,1-3H3,(H,21,23)(H,22,25). The van der Waals surface area contributed by atoms with Gasteiger partial charge in [0.25, 0.3) is 5.91 Å². The number of nitrogens with one attached hydrogen (secondary N) is 2. The summed E-state index contributed by atoms with van der Waals surface area (Å²) in [5.74, 6) is -1.02. The van der Waals surface area contributed by atoms with Gasteiger partial charge in [0, 0.05) is 17.1 Å². The third-order valence-electron chi connectivity index (χ3n) is 3.35. The Balaban J connectivity index is 1.78. The molecule has 150 valence electrons. The maximum atomic E-state index is 12.1. The summed E-state index contributed by atoms with van der Waals surface area (Å²) in [5, 5.41) is 7.23. The van der Waals surface area contributed by atoms with Crippen molar-refractivity contribution < 1.29 is 23.9 Å². The molecule has 0 saturated carbocycles. The van der Waals surface area contributed by atoms with Crippen molar-refractivity contribution in [2.24, 2.45) is 0 Å². The lowest BCUT2D eigenvalue weighted by Gasteiger charge is -2.19. The number of anilines is 1. The van der Waals surface area contributed by atoms with Crippen molar-refractivity contribution in [2.45, 2.75) is 32.8 Å². The Bertz CT molecular complexity index is 812. The molecule has 2 amide bonds. The molecule has 28 heavy (non-hydrogen) atoms. The second-order valence-corrected chi connectivity index (χ2v) is 8.00. The van der Waals surface area contributed by atoms with E-state index in [1.165, 1.54) is 17.0 Å². The number of hydrogen-bond acceptors (Lipinski definition) is 6. The van der Waals surface area contributed by atoms with Gasteiger partial charge in [0.2, 0.25) is 0 Å². The Kier molecular flexibility index (Phi) is 7.57. The second-order valence-electron chi connectivity index (χ2n) is 6.96. The monoisotopic (exact) mass is 404 g/mol. The normalized spacial score (nSPS) is 10.8. The average Bonchev–Trinajstić information content (AvgIpc) is 3.11. The first kappa shape index (κ1) is 21.4. The minimum Gasteiger partial charge on any atom is -0.452 e. The molecule has 0 fully saturated rings. The molecule has 7 nitrogen and oxygen atoms in total. The van der Waals surface area contributed by atoms with E-state index in [9.17, 15) is 14.4 Å². The number of ether oxygens (including phenoxy) is 2. The van der Waals surface area contributed by atoms with Crippen LogP contribution in [0.4, 0.5) is 10.5 Å². The molecule has 2 N–H and O–H groups in total. The zero-order valence-electron chi connectivity index (χ0n) is 16.1. The zero-order valence-corrected chi connectivity index (χ0v) is 16.9. The number of carbonyl (C=O) groups excluding carboxylic acids is 3. The van der Waals surface area contributed by atoms with E-state index in [1.807, 2.05) is 17.5 Å². The van der Waals surface area contributed by atoms with E-state index >= 15 is 0 Å². The predicted molar refractivity (Wildman–Crippen MR) is 108 cm³/mol. The summed E-state index contributed by atoms with van der Waals surface area (Å²) < 4.78 is 10.2. The Hall–Kier alpha value is -2.87. The van der Waals surface area contributed by atoms with Crippen LogP contribution >= 0.6 is 11.3 Å². The Morgan fingerprint density at radius 1 is 1.11 bits per heavy atom. The van der Waals surface area contributed by atoms with Crippen molar-refractivity contribution in [2.75, 3.05) is 18.5 Å². The topological polar surface area (TPSA) is 93.7 Å². The molecule has 0 spiro atoms. The number of thiophene rings is 1. The Morgan fingerprint density at radius 2 is 1.89 bits per heavy atom. The van der Waals surface area contributed by atoms with Gasteiger partial charge in [0.15, 0.2) is 6.61 Å². The van der Waals surface area contributed by atoms with Crippen molar-refractivity contribution in [3.8, 4) is 0 Å². The summed E-state index contributed by atoms with van der Waals surface area (Å²) in [6.07, 6.45) is 0.110. The van der Waals surface area contributed by atoms with Crippen molar-refractivity contribution >= 4 is 35.0 Å². The van der Waals surface area contributed by atoms with Crippen LogP contribution in [-0.4, -0.2) is 36.7 Å². The summed E-state index contributed by atoms with van der Waals surface area (Å²) in [7, 11) is 0. The van der Waals surface area contributed by atoms with Crippen LogP contribution < -0.4 is 10.6 Å². The van der Waals surface area contributed by atoms with Gasteiger partial charge in [-0.3, -0.25) is 10.1 Å². The molecule has 1 aromatic heterocycles. The molecule has 1 heterocycles. The van der Waals surface area contributed by atoms with E-state index in [0.717, 1.165) is 6.42 Å². The maximum Gasteiger partial charge on any atom is 0.412 e. The van der Waals surface area contributed by atoms with Gasteiger partial charge in [-0.1, -0.05) is 12.1 Å². The highest BCUT2D eigenvalue weighted by Gasteiger charge is 2.17. The van der Waals surface area contributed by atoms with Gasteiger partial charge in [0.1, 0.15) is 5.60 Å². The highest BCUT2D eigenvalue weighted by molar-refractivity contribution is 7.09. The molecular formula is C20H24N2O5S. The molecular weight excluding hydrogens is 380 g/mol. The van der Waals surface area contributed by atoms with Crippen LogP contribution in [0.25, 0.3) is 0 Å². The largest absolute Gasteiger partial charge is 0.452 e. The summed E-state index contributed by atoms with van der Waals surface area (Å²) in [6.45, 7) is 5.38. The smallest absolute Gasteiger partial charge is 0.412 e. The van der Waals surface area contributed by atoms with Crippen LogP contribution in [0.2, 0.25) is 0 Å². The number of esters is 1. The van der Waals surface area contributed by atoms with Crippen LogP contribution in [0.5, 0.6) is 0 Å². The molecule has 1 aromatic carbocycles. The van der Waals surface area contributed by atoms with Gasteiger partial charge in [-0.25, -0.2) is 9.59 Å². The van der Waals surface area contributed by atoms with Gasteiger partial charge >= 0.3 is 12.1 Å². The molecule has 0 aliphatic heterocycles. The fourth-order valence-corrected chi connectivity index (χ4v) is 2.90. The van der Waals surface area contributed by atoms with Crippen molar-refractivity contribution in [1.82, 2.24) is 5.32 Å². The number of benzene rings is 1. The lowest BCUT2D eigenvalue weighted by Crippen LogP contribution is -2.30. The third kappa shape index (κ3) is 7.79. The summed E-state index contributed by atoms with van der Waals surface area (Å²) in [5.41, 5.74) is -0.0126. The number of amides is 2. The quantitative estimate of drug-likeness (QED) is 0.688. The minimum atomic E-state index is -0.652. The highest BCUT2D eigenvalue weighted by Crippen LogP contribution is 2.14. The van der Waals surface area contributed by atoms with Gasteiger partial charge in [0.05, 0.1) is 5.56 Å². The van der Waals surface area contributed by atoms with E-state index in [4.69, 9.17) is 9.47 Å². The molecule has 2 aromatic rings. The van der Waals surface area contributed by atoms with Gasteiger partial charge in [-0.2, -0.15) is 0 Å². The van der Waals surface area contributed by atoms with E-state index in [0.29, 0.717) is 12.2 Å². The fourth-order valence-electron chi connectivity index (χ4n) is 2.19. The van der Waals surface area contributed by atoms with Crippen molar-refractivity contribution in [1.29, 1.82) is 0 Å². The van der Waals surface area contributed by atoms with Gasteiger partial charge in [-0.05, 0) is 56.8 Å². The van der Waals surface area contributed by atoms with E-state index < -0.39 is 17.7 Å². The molecule has 0 atom stereocenters. The SMILES string of the molecule is CC(C)(C)OC(=O)Nc1cccc(C(=O)OCC(=O)NCCc2cccs2)c1. The highest BCUT2D eigenvalue weighted by atomic mass is 32.1. The van der Waals surface area contributed by atoms with E-state index in [1.54, 1.807) is 44.2 Å². The van der Waals surface area contributed by atoms with Gasteiger partial charge in [-0.15, -0.1) is 11.3 Å². The van der Waals surface area contributed by atoms with Crippen LogP contribution in [0.15, 0.2) is 41.8 Å². The molecule has 0 unspecified atom stereocenters. The van der Waals surface area contributed by atoms with E-state index in [-0.39, 0.29) is 18.1 Å². The van der Waals surface area contributed by atoms with Gasteiger partial charge < -0.3 is 14.8 Å². The third-order valence-corrected chi connectivity index (χ3v) is 4.29. The number of rotatable bonds is 7. The first-order chi connectivity index (χ1) is 13.2. The predicted octanol–water partition coefficient (Wildman–Crippen LogP) is 3.61. The summed E-state index contributed by atoms with van der Waals surface area (Å²) in [4.78, 5) is 36.9. The zero-order chi connectivity index (χ0) is 20.6. The number of hydrogen-bond donors (Lipinski definition) is 2. The molecule has 8 heteroatoms. The average molecular weight is 404 g/mol. The lowest BCUT2D eigenvalue weighted by atomic mass is 10.2. The Morgan fingerprint density at radius 3 is 2.57 bits per heavy atom. The fraction of sp³-hybridized carbons (Fsp3) is 0.350. The lowest BCUT2D eigenvalue weighted by molar-refractivity contribution is -0.124. The molecule has 0 bridgehead atoms. The van der Waals surface area contributed by atoms with Crippen molar-refractivity contribution in [3.63, 3.8) is 0 Å². The summed E-state index contributed by atoms with van der Waals surface area (Å²) in [6, 6.07) is 10.2. The van der Waals surface area contributed by atoms with Crippen LogP contribution in [0.3, 0.4) is 0 Å².